The number of carboxylic acids is 1. The van der Waals surface area contributed by atoms with E-state index in [2.05, 4.69) is 0 Å². The van der Waals surface area contributed by atoms with Gasteiger partial charge in [0.15, 0.2) is 5.78 Å². The first-order valence-electron chi connectivity index (χ1n) is 4.65. The van der Waals surface area contributed by atoms with Gasteiger partial charge in [0.05, 0.1) is 10.3 Å². The van der Waals surface area contributed by atoms with Crippen molar-refractivity contribution in [1.29, 1.82) is 0 Å². The second-order valence-corrected chi connectivity index (χ2v) is 5.14. The lowest BCUT2D eigenvalue weighted by Gasteiger charge is -2.17. The van der Waals surface area contributed by atoms with E-state index in [0.29, 0.717) is 4.88 Å². The molecule has 1 heterocycles. The van der Waals surface area contributed by atoms with E-state index in [1.807, 2.05) is 18.4 Å². The summed E-state index contributed by atoms with van der Waals surface area (Å²) < 4.78 is 0. The predicted octanol–water partition coefficient (Wildman–Crippen LogP) is 2.74. The Kier molecular flexibility index (Phi) is 3.29. The standard InChI is InChI=1S/C11H14O3S/c1-7-4-5-15-9(7)8(12)6-11(2,3)10(13)14/h4-5H,6H2,1-3H3,(H,13,14). The summed E-state index contributed by atoms with van der Waals surface area (Å²) in [6.45, 7) is 4.99. The van der Waals surface area contributed by atoms with Gasteiger partial charge in [0.2, 0.25) is 0 Å². The summed E-state index contributed by atoms with van der Waals surface area (Å²) in [7, 11) is 0. The number of aryl methyl sites for hydroxylation is 1. The molecule has 0 aliphatic carbocycles. The molecule has 0 aromatic carbocycles. The third kappa shape index (κ3) is 2.65. The monoisotopic (exact) mass is 226 g/mol. The van der Waals surface area contributed by atoms with Gasteiger partial charge in [-0.15, -0.1) is 11.3 Å². The molecule has 0 atom stereocenters. The van der Waals surface area contributed by atoms with Crippen molar-refractivity contribution in [2.45, 2.75) is 27.2 Å². The van der Waals surface area contributed by atoms with E-state index in [9.17, 15) is 9.59 Å². The maximum absolute atomic E-state index is 11.8. The summed E-state index contributed by atoms with van der Waals surface area (Å²) in [4.78, 5) is 23.3. The summed E-state index contributed by atoms with van der Waals surface area (Å²) in [5.74, 6) is -1.03. The van der Waals surface area contributed by atoms with Crippen molar-refractivity contribution < 1.29 is 14.7 Å². The lowest BCUT2D eigenvalue weighted by molar-refractivity contribution is -0.146. The van der Waals surface area contributed by atoms with Crippen LogP contribution in [0.1, 0.15) is 35.5 Å². The number of hydrogen-bond donors (Lipinski definition) is 1. The Morgan fingerprint density at radius 2 is 2.07 bits per heavy atom. The molecular formula is C11H14O3S. The van der Waals surface area contributed by atoms with E-state index >= 15 is 0 Å². The van der Waals surface area contributed by atoms with E-state index in [0.717, 1.165) is 5.56 Å². The van der Waals surface area contributed by atoms with Crippen LogP contribution in [0.4, 0.5) is 0 Å². The van der Waals surface area contributed by atoms with Gasteiger partial charge in [-0.25, -0.2) is 0 Å². The average Bonchev–Trinajstić information content (AvgIpc) is 2.50. The van der Waals surface area contributed by atoms with Crippen LogP contribution in [0.5, 0.6) is 0 Å². The Morgan fingerprint density at radius 3 is 2.47 bits per heavy atom. The number of aliphatic carboxylic acids is 1. The van der Waals surface area contributed by atoms with Gasteiger partial charge >= 0.3 is 5.97 Å². The van der Waals surface area contributed by atoms with E-state index < -0.39 is 11.4 Å². The summed E-state index contributed by atoms with van der Waals surface area (Å²) in [6, 6.07) is 1.87. The highest BCUT2D eigenvalue weighted by atomic mass is 32.1. The SMILES string of the molecule is Cc1ccsc1C(=O)CC(C)(C)C(=O)O. The predicted molar refractivity (Wildman–Crippen MR) is 59.4 cm³/mol. The Balaban J connectivity index is 2.81. The second kappa shape index (κ2) is 4.14. The molecule has 0 aliphatic heterocycles. The molecule has 0 bridgehead atoms. The number of ketones is 1. The number of carbonyl (C=O) groups is 2. The molecule has 82 valence electrons. The fraction of sp³-hybridized carbons (Fsp3) is 0.455. The molecule has 15 heavy (non-hydrogen) atoms. The first-order chi connectivity index (χ1) is 6.84. The normalized spacial score (nSPS) is 11.4. The van der Waals surface area contributed by atoms with Gasteiger partial charge in [-0.1, -0.05) is 0 Å². The van der Waals surface area contributed by atoms with Crippen molar-refractivity contribution in [3.63, 3.8) is 0 Å². The van der Waals surface area contributed by atoms with Crippen LogP contribution in [0.15, 0.2) is 11.4 Å². The molecule has 4 heteroatoms. The molecular weight excluding hydrogens is 212 g/mol. The molecule has 1 aromatic rings. The van der Waals surface area contributed by atoms with Crippen LogP contribution in [0, 0.1) is 12.3 Å². The lowest BCUT2D eigenvalue weighted by Crippen LogP contribution is -2.26. The third-order valence-electron chi connectivity index (χ3n) is 2.30. The molecule has 1 N–H and O–H groups in total. The van der Waals surface area contributed by atoms with Crippen molar-refractivity contribution in [3.8, 4) is 0 Å². The van der Waals surface area contributed by atoms with Gasteiger partial charge in [0.25, 0.3) is 0 Å². The molecule has 3 nitrogen and oxygen atoms in total. The first kappa shape index (κ1) is 11.9. The lowest BCUT2D eigenvalue weighted by atomic mass is 9.87. The first-order valence-corrected chi connectivity index (χ1v) is 5.53. The van der Waals surface area contributed by atoms with Crippen molar-refractivity contribution in [2.24, 2.45) is 5.41 Å². The summed E-state index contributed by atoms with van der Waals surface area (Å²) in [6.07, 6.45) is 0.0453. The minimum Gasteiger partial charge on any atom is -0.481 e. The van der Waals surface area contributed by atoms with Crippen molar-refractivity contribution in [1.82, 2.24) is 0 Å². The minimum atomic E-state index is -0.993. The van der Waals surface area contributed by atoms with Crippen molar-refractivity contribution >= 4 is 23.1 Å². The fourth-order valence-corrected chi connectivity index (χ4v) is 2.08. The molecule has 0 fully saturated rings. The molecule has 0 saturated heterocycles. The van der Waals surface area contributed by atoms with Gasteiger partial charge in [0.1, 0.15) is 0 Å². The Labute approximate surface area is 92.7 Å². The molecule has 0 radical (unpaired) electrons. The zero-order valence-corrected chi connectivity index (χ0v) is 9.85. The molecule has 0 unspecified atom stereocenters. The average molecular weight is 226 g/mol. The Bertz CT molecular complexity index is 390. The summed E-state index contributed by atoms with van der Waals surface area (Å²) >= 11 is 1.37. The molecule has 0 amide bonds. The molecule has 0 aliphatic rings. The third-order valence-corrected chi connectivity index (χ3v) is 3.35. The van der Waals surface area contributed by atoms with Gasteiger partial charge < -0.3 is 5.11 Å². The highest BCUT2D eigenvalue weighted by molar-refractivity contribution is 7.12. The van der Waals surface area contributed by atoms with E-state index in [4.69, 9.17) is 5.11 Å². The van der Waals surface area contributed by atoms with Gasteiger partial charge in [-0.3, -0.25) is 9.59 Å². The van der Waals surface area contributed by atoms with E-state index in [1.165, 1.54) is 11.3 Å². The molecule has 0 saturated carbocycles. The van der Waals surface area contributed by atoms with Crippen LogP contribution in [-0.2, 0) is 4.79 Å². The van der Waals surface area contributed by atoms with Crippen LogP contribution in [-0.4, -0.2) is 16.9 Å². The van der Waals surface area contributed by atoms with Crippen molar-refractivity contribution in [3.05, 3.63) is 21.9 Å². The maximum Gasteiger partial charge on any atom is 0.309 e. The summed E-state index contributed by atoms with van der Waals surface area (Å²) in [5.41, 5.74) is -0.0701. The number of carboxylic acid groups (broad SMARTS) is 1. The van der Waals surface area contributed by atoms with Crippen LogP contribution in [0.25, 0.3) is 0 Å². The van der Waals surface area contributed by atoms with E-state index in [1.54, 1.807) is 13.8 Å². The highest BCUT2D eigenvalue weighted by Crippen LogP contribution is 2.26. The number of carbonyl (C=O) groups excluding carboxylic acids is 1. The van der Waals surface area contributed by atoms with Gasteiger partial charge in [-0.05, 0) is 37.8 Å². The van der Waals surface area contributed by atoms with Gasteiger partial charge in [-0.2, -0.15) is 0 Å². The fourth-order valence-electron chi connectivity index (χ4n) is 1.22. The van der Waals surface area contributed by atoms with Crippen LogP contribution >= 0.6 is 11.3 Å². The minimum absolute atomic E-state index is 0.0453. The topological polar surface area (TPSA) is 54.4 Å². The van der Waals surface area contributed by atoms with Gasteiger partial charge in [0, 0.05) is 6.42 Å². The highest BCUT2D eigenvalue weighted by Gasteiger charge is 2.31. The van der Waals surface area contributed by atoms with Crippen LogP contribution in [0.2, 0.25) is 0 Å². The largest absolute Gasteiger partial charge is 0.481 e. The Hall–Kier alpha value is -1.16. The van der Waals surface area contributed by atoms with Crippen LogP contribution < -0.4 is 0 Å². The van der Waals surface area contributed by atoms with E-state index in [-0.39, 0.29) is 12.2 Å². The number of Topliss-reactive ketones (excluding diaryl/α,β-unsaturated/α-hetero) is 1. The quantitative estimate of drug-likeness (QED) is 0.803. The molecule has 0 spiro atoms. The second-order valence-electron chi connectivity index (χ2n) is 4.22. The van der Waals surface area contributed by atoms with Crippen molar-refractivity contribution in [2.75, 3.05) is 0 Å². The number of thiophene rings is 1. The molecule has 1 rings (SSSR count). The number of hydrogen-bond acceptors (Lipinski definition) is 3. The maximum atomic E-state index is 11.8. The Morgan fingerprint density at radius 1 is 1.47 bits per heavy atom. The van der Waals surface area contributed by atoms with Crippen LogP contribution in [0.3, 0.4) is 0 Å². The molecule has 1 aromatic heterocycles. The summed E-state index contributed by atoms with van der Waals surface area (Å²) in [5, 5.41) is 10.8. The smallest absolute Gasteiger partial charge is 0.309 e. The zero-order valence-electron chi connectivity index (χ0n) is 9.03. The number of rotatable bonds is 4. The zero-order chi connectivity index (χ0) is 11.6.